The zero-order valence-corrected chi connectivity index (χ0v) is 6.60. The SMILES string of the molecule is C#CCCCNC(=O)CCN. The quantitative estimate of drug-likeness (QED) is 0.428. The first-order chi connectivity index (χ1) is 5.31. The smallest absolute Gasteiger partial charge is 0.221 e. The standard InChI is InChI=1S/C8H14N2O/c1-2-3-4-7-10-8(11)5-6-9/h1H,3-7,9H2,(H,10,11). The third kappa shape index (κ3) is 6.88. The second-order valence-corrected chi connectivity index (χ2v) is 2.20. The van der Waals surface area contributed by atoms with Crippen LogP contribution >= 0.6 is 0 Å². The van der Waals surface area contributed by atoms with Crippen molar-refractivity contribution in [2.24, 2.45) is 5.73 Å². The van der Waals surface area contributed by atoms with E-state index in [0.29, 0.717) is 25.9 Å². The monoisotopic (exact) mass is 154 g/mol. The number of terminal acetylenes is 1. The minimum Gasteiger partial charge on any atom is -0.356 e. The summed E-state index contributed by atoms with van der Waals surface area (Å²) >= 11 is 0. The lowest BCUT2D eigenvalue weighted by atomic mass is 10.3. The molecule has 0 bridgehead atoms. The molecule has 0 aliphatic rings. The van der Waals surface area contributed by atoms with Crippen LogP contribution < -0.4 is 11.1 Å². The number of hydrogen-bond donors (Lipinski definition) is 2. The molecule has 0 aliphatic carbocycles. The molecule has 0 aliphatic heterocycles. The van der Waals surface area contributed by atoms with E-state index in [1.165, 1.54) is 0 Å². The van der Waals surface area contributed by atoms with Crippen molar-refractivity contribution in [3.8, 4) is 12.3 Å². The summed E-state index contributed by atoms with van der Waals surface area (Å²) in [5.74, 6) is 2.50. The number of carbonyl (C=O) groups is 1. The van der Waals surface area contributed by atoms with Crippen molar-refractivity contribution >= 4 is 5.91 Å². The molecular weight excluding hydrogens is 140 g/mol. The zero-order chi connectivity index (χ0) is 8.53. The van der Waals surface area contributed by atoms with Gasteiger partial charge in [0.15, 0.2) is 0 Å². The third-order valence-corrected chi connectivity index (χ3v) is 1.19. The minimum absolute atomic E-state index is 0.00419. The van der Waals surface area contributed by atoms with Crippen molar-refractivity contribution in [3.63, 3.8) is 0 Å². The van der Waals surface area contributed by atoms with Gasteiger partial charge >= 0.3 is 0 Å². The maximum absolute atomic E-state index is 10.8. The van der Waals surface area contributed by atoms with Crippen LogP contribution in [0.1, 0.15) is 19.3 Å². The Balaban J connectivity index is 3.12. The summed E-state index contributed by atoms with van der Waals surface area (Å²) in [6, 6.07) is 0. The van der Waals surface area contributed by atoms with Crippen molar-refractivity contribution < 1.29 is 4.79 Å². The number of amides is 1. The highest BCUT2D eigenvalue weighted by Gasteiger charge is 1.95. The summed E-state index contributed by atoms with van der Waals surface area (Å²) in [6.07, 6.45) is 6.97. The van der Waals surface area contributed by atoms with E-state index in [4.69, 9.17) is 12.2 Å². The van der Waals surface area contributed by atoms with Gasteiger partial charge in [-0.2, -0.15) is 0 Å². The molecule has 62 valence electrons. The highest BCUT2D eigenvalue weighted by Crippen LogP contribution is 1.83. The Labute approximate surface area is 67.3 Å². The van der Waals surface area contributed by atoms with E-state index in [1.54, 1.807) is 0 Å². The number of nitrogens with one attached hydrogen (secondary N) is 1. The van der Waals surface area contributed by atoms with E-state index in [-0.39, 0.29) is 5.91 Å². The van der Waals surface area contributed by atoms with E-state index < -0.39 is 0 Å². The topological polar surface area (TPSA) is 55.1 Å². The van der Waals surface area contributed by atoms with Crippen LogP contribution in [0.15, 0.2) is 0 Å². The molecule has 0 saturated carbocycles. The first kappa shape index (κ1) is 9.99. The van der Waals surface area contributed by atoms with Gasteiger partial charge in [0, 0.05) is 25.9 Å². The average Bonchev–Trinajstić information content (AvgIpc) is 1.99. The summed E-state index contributed by atoms with van der Waals surface area (Å²) < 4.78 is 0. The van der Waals surface area contributed by atoms with Crippen LogP contribution in [0.3, 0.4) is 0 Å². The Morgan fingerprint density at radius 2 is 2.36 bits per heavy atom. The highest BCUT2D eigenvalue weighted by atomic mass is 16.1. The Kier molecular flexibility index (Phi) is 6.45. The second-order valence-electron chi connectivity index (χ2n) is 2.20. The summed E-state index contributed by atoms with van der Waals surface area (Å²) in [5, 5.41) is 2.70. The summed E-state index contributed by atoms with van der Waals surface area (Å²) in [7, 11) is 0. The predicted octanol–water partition coefficient (Wildman–Crippen LogP) is -0.135. The summed E-state index contributed by atoms with van der Waals surface area (Å²) in [4.78, 5) is 10.8. The zero-order valence-electron chi connectivity index (χ0n) is 6.60. The fourth-order valence-corrected chi connectivity index (χ4v) is 0.638. The molecule has 0 unspecified atom stereocenters. The van der Waals surface area contributed by atoms with Crippen molar-refractivity contribution in [2.45, 2.75) is 19.3 Å². The van der Waals surface area contributed by atoms with Crippen LogP contribution in [0.5, 0.6) is 0 Å². The van der Waals surface area contributed by atoms with Crippen LogP contribution in [-0.2, 0) is 4.79 Å². The molecule has 0 aromatic rings. The minimum atomic E-state index is 0.00419. The maximum Gasteiger partial charge on any atom is 0.221 e. The van der Waals surface area contributed by atoms with Gasteiger partial charge in [0.05, 0.1) is 0 Å². The number of hydrogen-bond acceptors (Lipinski definition) is 2. The summed E-state index contributed by atoms with van der Waals surface area (Å²) in [6.45, 7) is 1.06. The maximum atomic E-state index is 10.8. The van der Waals surface area contributed by atoms with Crippen molar-refractivity contribution in [2.75, 3.05) is 13.1 Å². The molecule has 0 rings (SSSR count). The van der Waals surface area contributed by atoms with Gasteiger partial charge < -0.3 is 11.1 Å². The lowest BCUT2D eigenvalue weighted by molar-refractivity contribution is -0.120. The normalized spacial score (nSPS) is 8.73. The van der Waals surface area contributed by atoms with Gasteiger partial charge in [-0.05, 0) is 6.42 Å². The van der Waals surface area contributed by atoms with Crippen LogP contribution in [0.25, 0.3) is 0 Å². The third-order valence-electron chi connectivity index (χ3n) is 1.19. The van der Waals surface area contributed by atoms with Crippen LogP contribution in [0.2, 0.25) is 0 Å². The van der Waals surface area contributed by atoms with Crippen molar-refractivity contribution in [1.82, 2.24) is 5.32 Å². The Hall–Kier alpha value is -1.01. The Morgan fingerprint density at radius 1 is 1.64 bits per heavy atom. The van der Waals surface area contributed by atoms with Gasteiger partial charge in [0.1, 0.15) is 0 Å². The Bertz CT molecular complexity index is 149. The predicted molar refractivity (Wildman–Crippen MR) is 44.7 cm³/mol. The van der Waals surface area contributed by atoms with Gasteiger partial charge in [-0.25, -0.2) is 0 Å². The van der Waals surface area contributed by atoms with E-state index in [9.17, 15) is 4.79 Å². The van der Waals surface area contributed by atoms with Gasteiger partial charge in [-0.1, -0.05) is 0 Å². The van der Waals surface area contributed by atoms with Crippen molar-refractivity contribution in [1.29, 1.82) is 0 Å². The fourth-order valence-electron chi connectivity index (χ4n) is 0.638. The molecule has 0 heterocycles. The molecule has 0 saturated heterocycles. The van der Waals surface area contributed by atoms with E-state index in [2.05, 4.69) is 11.2 Å². The van der Waals surface area contributed by atoms with E-state index in [1.807, 2.05) is 0 Å². The number of rotatable bonds is 5. The molecule has 0 fully saturated rings. The average molecular weight is 154 g/mol. The first-order valence-electron chi connectivity index (χ1n) is 3.71. The molecule has 3 nitrogen and oxygen atoms in total. The number of nitrogens with two attached hydrogens (primary N) is 1. The molecule has 0 aromatic heterocycles. The molecule has 3 N–H and O–H groups in total. The lowest BCUT2D eigenvalue weighted by Gasteiger charge is -2.00. The summed E-state index contributed by atoms with van der Waals surface area (Å²) in [5.41, 5.74) is 5.17. The van der Waals surface area contributed by atoms with Gasteiger partial charge in [0.2, 0.25) is 5.91 Å². The van der Waals surface area contributed by atoms with Crippen molar-refractivity contribution in [3.05, 3.63) is 0 Å². The molecule has 3 heteroatoms. The van der Waals surface area contributed by atoms with E-state index >= 15 is 0 Å². The van der Waals surface area contributed by atoms with Crippen LogP contribution in [-0.4, -0.2) is 19.0 Å². The largest absolute Gasteiger partial charge is 0.356 e. The molecule has 0 aromatic carbocycles. The first-order valence-corrected chi connectivity index (χ1v) is 3.71. The molecular formula is C8H14N2O. The molecule has 0 atom stereocenters. The molecule has 0 radical (unpaired) electrons. The fraction of sp³-hybridized carbons (Fsp3) is 0.625. The lowest BCUT2D eigenvalue weighted by Crippen LogP contribution is -2.26. The van der Waals surface area contributed by atoms with Crippen LogP contribution in [0, 0.1) is 12.3 Å². The Morgan fingerprint density at radius 3 is 2.91 bits per heavy atom. The van der Waals surface area contributed by atoms with Gasteiger partial charge in [0.25, 0.3) is 0 Å². The number of carbonyl (C=O) groups excluding carboxylic acids is 1. The second kappa shape index (κ2) is 7.10. The molecule has 11 heavy (non-hydrogen) atoms. The van der Waals surface area contributed by atoms with E-state index in [0.717, 1.165) is 6.42 Å². The highest BCUT2D eigenvalue weighted by molar-refractivity contribution is 5.75. The molecule has 0 spiro atoms. The van der Waals surface area contributed by atoms with Gasteiger partial charge in [-0.15, -0.1) is 12.3 Å². The molecule has 1 amide bonds. The van der Waals surface area contributed by atoms with Gasteiger partial charge in [-0.3, -0.25) is 4.79 Å². The number of unbranched alkanes of at least 4 members (excludes halogenated alkanes) is 1. The van der Waals surface area contributed by atoms with Crippen LogP contribution in [0.4, 0.5) is 0 Å².